The van der Waals surface area contributed by atoms with Crippen LogP contribution < -0.4 is 5.73 Å². The molecule has 1 saturated heterocycles. The summed E-state index contributed by atoms with van der Waals surface area (Å²) in [6.07, 6.45) is 3.62. The Kier molecular flexibility index (Phi) is 3.76. The first-order valence-corrected chi connectivity index (χ1v) is 6.78. The second-order valence-corrected chi connectivity index (χ2v) is 5.33. The van der Waals surface area contributed by atoms with E-state index in [0.29, 0.717) is 6.42 Å². The van der Waals surface area contributed by atoms with Crippen LogP contribution in [0.2, 0.25) is 0 Å². The van der Waals surface area contributed by atoms with Crippen molar-refractivity contribution in [2.24, 2.45) is 5.73 Å². The summed E-state index contributed by atoms with van der Waals surface area (Å²) < 4.78 is 2.22. The average Bonchev–Trinajstić information content (AvgIpc) is 2.83. The normalized spacial score (nSPS) is 24.3. The van der Waals surface area contributed by atoms with Gasteiger partial charge in [-0.2, -0.15) is 0 Å². The van der Waals surface area contributed by atoms with Gasteiger partial charge in [0.25, 0.3) is 0 Å². The van der Waals surface area contributed by atoms with Crippen LogP contribution in [0.3, 0.4) is 0 Å². The maximum Gasteiger partial charge on any atom is 0.225 e. The van der Waals surface area contributed by atoms with Crippen molar-refractivity contribution in [2.45, 2.75) is 58.3 Å². The lowest BCUT2D eigenvalue weighted by Crippen LogP contribution is -2.38. The molecule has 18 heavy (non-hydrogen) atoms. The highest BCUT2D eigenvalue weighted by Gasteiger charge is 2.41. The molecule has 1 amide bonds. The van der Waals surface area contributed by atoms with Crippen molar-refractivity contribution in [3.05, 3.63) is 24.0 Å². The molecule has 1 aromatic heterocycles. The van der Waals surface area contributed by atoms with Crippen molar-refractivity contribution in [3.63, 3.8) is 0 Å². The van der Waals surface area contributed by atoms with Gasteiger partial charge in [-0.25, -0.2) is 0 Å². The molecule has 2 unspecified atom stereocenters. The highest BCUT2D eigenvalue weighted by atomic mass is 16.2. The number of aromatic nitrogens is 1. The van der Waals surface area contributed by atoms with Crippen LogP contribution in [0.5, 0.6) is 0 Å². The van der Waals surface area contributed by atoms with Gasteiger partial charge in [0.1, 0.15) is 0 Å². The minimum absolute atomic E-state index is 0.0269. The van der Waals surface area contributed by atoms with Crippen LogP contribution in [-0.4, -0.2) is 27.5 Å². The van der Waals surface area contributed by atoms with Crippen molar-refractivity contribution >= 4 is 5.91 Å². The molecule has 2 rings (SSSR count). The SMILES string of the molecule is CCCn1cccc1C1C(N)CC(=O)N1C(C)C. The van der Waals surface area contributed by atoms with Gasteiger partial charge in [-0.3, -0.25) is 4.79 Å². The van der Waals surface area contributed by atoms with Crippen LogP contribution in [0, 0.1) is 0 Å². The zero-order valence-corrected chi connectivity index (χ0v) is 11.5. The van der Waals surface area contributed by atoms with E-state index in [1.165, 1.54) is 5.69 Å². The van der Waals surface area contributed by atoms with E-state index < -0.39 is 0 Å². The van der Waals surface area contributed by atoms with Gasteiger partial charge >= 0.3 is 0 Å². The molecule has 2 N–H and O–H groups in total. The Bertz CT molecular complexity index is 424. The lowest BCUT2D eigenvalue weighted by Gasteiger charge is -2.31. The summed E-state index contributed by atoms with van der Waals surface area (Å²) in [6, 6.07) is 4.26. The minimum Gasteiger partial charge on any atom is -0.350 e. The maximum absolute atomic E-state index is 12.0. The smallest absolute Gasteiger partial charge is 0.225 e. The van der Waals surface area contributed by atoms with Crippen LogP contribution in [-0.2, 0) is 11.3 Å². The Labute approximate surface area is 109 Å². The van der Waals surface area contributed by atoms with Gasteiger partial charge in [0.05, 0.1) is 6.04 Å². The summed E-state index contributed by atoms with van der Waals surface area (Å²) in [4.78, 5) is 14.0. The molecule has 4 heteroatoms. The van der Waals surface area contributed by atoms with Crippen molar-refractivity contribution in [2.75, 3.05) is 0 Å². The van der Waals surface area contributed by atoms with E-state index in [4.69, 9.17) is 5.73 Å². The molecule has 100 valence electrons. The molecular weight excluding hydrogens is 226 g/mol. The minimum atomic E-state index is -0.0922. The maximum atomic E-state index is 12.0. The van der Waals surface area contributed by atoms with Gasteiger partial charge in [-0.1, -0.05) is 6.92 Å². The number of likely N-dealkylation sites (tertiary alicyclic amines) is 1. The summed E-state index contributed by atoms with van der Waals surface area (Å²) in [5, 5.41) is 0. The zero-order chi connectivity index (χ0) is 13.3. The molecule has 1 fully saturated rings. The molecule has 1 aliphatic rings. The number of carbonyl (C=O) groups excluding carboxylic acids is 1. The van der Waals surface area contributed by atoms with Crippen LogP contribution in [0.4, 0.5) is 0 Å². The third-order valence-corrected chi connectivity index (χ3v) is 3.59. The van der Waals surface area contributed by atoms with Gasteiger partial charge in [0.2, 0.25) is 5.91 Å². The van der Waals surface area contributed by atoms with E-state index in [9.17, 15) is 4.79 Å². The van der Waals surface area contributed by atoms with Gasteiger partial charge in [-0.05, 0) is 32.4 Å². The number of hydrogen-bond acceptors (Lipinski definition) is 2. The zero-order valence-electron chi connectivity index (χ0n) is 11.5. The number of nitrogens with zero attached hydrogens (tertiary/aromatic N) is 2. The first-order valence-electron chi connectivity index (χ1n) is 6.78. The van der Waals surface area contributed by atoms with Gasteiger partial charge in [0.15, 0.2) is 0 Å². The van der Waals surface area contributed by atoms with E-state index in [0.717, 1.165) is 13.0 Å². The highest BCUT2D eigenvalue weighted by Crippen LogP contribution is 2.34. The fourth-order valence-electron chi connectivity index (χ4n) is 2.89. The molecular formula is C14H23N3O. The quantitative estimate of drug-likeness (QED) is 0.886. The summed E-state index contributed by atoms with van der Waals surface area (Å²) in [7, 11) is 0. The molecule has 1 aromatic rings. The summed E-state index contributed by atoms with van der Waals surface area (Å²) in [6.45, 7) is 7.24. The molecule has 1 aliphatic heterocycles. The monoisotopic (exact) mass is 249 g/mol. The van der Waals surface area contributed by atoms with E-state index in [2.05, 4.69) is 37.6 Å². The Morgan fingerprint density at radius 2 is 2.22 bits per heavy atom. The lowest BCUT2D eigenvalue weighted by atomic mass is 10.1. The van der Waals surface area contributed by atoms with Crippen molar-refractivity contribution in [1.29, 1.82) is 0 Å². The number of hydrogen-bond donors (Lipinski definition) is 1. The average molecular weight is 249 g/mol. The van der Waals surface area contributed by atoms with E-state index in [-0.39, 0.29) is 24.0 Å². The van der Waals surface area contributed by atoms with Crippen LogP contribution in [0.1, 0.15) is 45.3 Å². The van der Waals surface area contributed by atoms with E-state index in [1.807, 2.05) is 11.0 Å². The largest absolute Gasteiger partial charge is 0.350 e. The Balaban J connectivity index is 2.34. The Morgan fingerprint density at radius 1 is 1.50 bits per heavy atom. The van der Waals surface area contributed by atoms with E-state index in [1.54, 1.807) is 0 Å². The molecule has 2 atom stereocenters. The van der Waals surface area contributed by atoms with Crippen molar-refractivity contribution < 1.29 is 4.79 Å². The molecule has 2 heterocycles. The molecule has 0 bridgehead atoms. The number of aryl methyl sites for hydroxylation is 1. The summed E-state index contributed by atoms with van der Waals surface area (Å²) in [5.41, 5.74) is 7.35. The van der Waals surface area contributed by atoms with Crippen LogP contribution in [0.25, 0.3) is 0 Å². The van der Waals surface area contributed by atoms with Crippen LogP contribution >= 0.6 is 0 Å². The number of amides is 1. The molecule has 0 spiro atoms. The van der Waals surface area contributed by atoms with Gasteiger partial charge in [0, 0.05) is 36.9 Å². The fraction of sp³-hybridized carbons (Fsp3) is 0.643. The predicted octanol–water partition coefficient (Wildman–Crippen LogP) is 1.91. The molecule has 0 aliphatic carbocycles. The first-order chi connectivity index (χ1) is 8.56. The van der Waals surface area contributed by atoms with Gasteiger partial charge in [-0.15, -0.1) is 0 Å². The topological polar surface area (TPSA) is 51.3 Å². The van der Waals surface area contributed by atoms with E-state index >= 15 is 0 Å². The lowest BCUT2D eigenvalue weighted by molar-refractivity contribution is -0.130. The standard InChI is InChI=1S/C14H23N3O/c1-4-7-16-8-5-6-12(16)14-11(15)9-13(18)17(14)10(2)3/h5-6,8,10-11,14H,4,7,9,15H2,1-3H3. The Morgan fingerprint density at radius 3 is 2.83 bits per heavy atom. The predicted molar refractivity (Wildman–Crippen MR) is 72.0 cm³/mol. The second-order valence-electron chi connectivity index (χ2n) is 5.33. The third kappa shape index (κ3) is 2.17. The molecule has 0 radical (unpaired) electrons. The molecule has 4 nitrogen and oxygen atoms in total. The van der Waals surface area contributed by atoms with Gasteiger partial charge < -0.3 is 15.2 Å². The third-order valence-electron chi connectivity index (χ3n) is 3.59. The van der Waals surface area contributed by atoms with Crippen LogP contribution in [0.15, 0.2) is 18.3 Å². The molecule has 0 saturated carbocycles. The molecule has 0 aromatic carbocycles. The van der Waals surface area contributed by atoms with Crippen molar-refractivity contribution in [1.82, 2.24) is 9.47 Å². The second kappa shape index (κ2) is 5.14. The Hall–Kier alpha value is -1.29. The first kappa shape index (κ1) is 13.1. The fourth-order valence-corrected chi connectivity index (χ4v) is 2.89. The summed E-state index contributed by atoms with van der Waals surface area (Å²) in [5.74, 6) is 0.173. The number of carbonyl (C=O) groups is 1. The highest BCUT2D eigenvalue weighted by molar-refractivity contribution is 5.80. The number of nitrogens with two attached hydrogens (primary N) is 1. The number of rotatable bonds is 4. The van der Waals surface area contributed by atoms with Crippen molar-refractivity contribution in [3.8, 4) is 0 Å². The summed E-state index contributed by atoms with van der Waals surface area (Å²) >= 11 is 0.